The number of fused-ring (bicyclic) bond motifs is 1. The van der Waals surface area contributed by atoms with Gasteiger partial charge in [0.2, 0.25) is 18.3 Å². The topological polar surface area (TPSA) is 189 Å². The average Bonchev–Trinajstić information content (AvgIpc) is 4.06. The van der Waals surface area contributed by atoms with E-state index in [4.69, 9.17) is 16.1 Å². The van der Waals surface area contributed by atoms with Crippen molar-refractivity contribution < 1.29 is 19.2 Å². The molecule has 320 valence electrons. The zero-order valence-electron chi connectivity index (χ0n) is 35.0. The summed E-state index contributed by atoms with van der Waals surface area (Å²) < 4.78 is 5.43. The van der Waals surface area contributed by atoms with E-state index in [0.29, 0.717) is 46.8 Å². The second-order valence-electron chi connectivity index (χ2n) is 15.5. The minimum atomic E-state index is -0.313. The normalized spacial score (nSPS) is 14.8. The Labute approximate surface area is 369 Å². The molecule has 1 atom stereocenters. The number of carbonyl (C=O) groups excluding carboxylic acids is 2. The number of hydrogen-bond acceptors (Lipinski definition) is 13. The third-order valence-electron chi connectivity index (χ3n) is 10.8. The molecule has 3 aromatic carbocycles. The second-order valence-corrected chi connectivity index (χ2v) is 16.7. The first-order chi connectivity index (χ1) is 30.1. The smallest absolute Gasteiger partial charge is 0.243 e. The van der Waals surface area contributed by atoms with Crippen LogP contribution >= 0.6 is 22.9 Å². The van der Waals surface area contributed by atoms with Gasteiger partial charge in [-0.2, -0.15) is 0 Å². The number of aromatic hydroxyl groups is 1. The molecular formula is C46H49ClN10O4S. The number of nitrogens with two attached hydrogens (primary N) is 1. The molecule has 7 aromatic rings. The number of halogens is 1. The van der Waals surface area contributed by atoms with Gasteiger partial charge in [-0.15, -0.1) is 21.5 Å². The predicted octanol–water partition coefficient (Wildman–Crippen LogP) is 7.83. The number of nitrogens with zero attached hydrogens (tertiary/aromatic N) is 8. The van der Waals surface area contributed by atoms with Crippen LogP contribution in [-0.2, 0) is 22.6 Å². The highest BCUT2D eigenvalue weighted by atomic mass is 35.5. The molecule has 2 fully saturated rings. The molecule has 0 aliphatic carbocycles. The Morgan fingerprint density at radius 2 is 1.76 bits per heavy atom. The first-order valence-corrected chi connectivity index (χ1v) is 21.7. The van der Waals surface area contributed by atoms with Crippen LogP contribution in [0.2, 0.25) is 5.02 Å². The molecule has 16 heteroatoms. The number of aromatic nitrogens is 6. The predicted molar refractivity (Wildman–Crippen MR) is 243 cm³/mol. The fourth-order valence-corrected chi connectivity index (χ4v) is 8.67. The van der Waals surface area contributed by atoms with E-state index in [2.05, 4.69) is 72.2 Å². The van der Waals surface area contributed by atoms with Crippen molar-refractivity contribution in [2.75, 3.05) is 31.6 Å². The number of hydrogen-bond donors (Lipinski definition) is 3. The SMILES string of the molecule is CC(C)Cc1cc(-c2cnc(N3CC(c4ccc5nnc(-c6ccccc6O)cc5c4Cl)C3)nc2)no1.CN.Cc1ncsc1-c1ccc(CNC(=O)C2CCCN2C=O)cc1. The van der Waals surface area contributed by atoms with Crippen molar-refractivity contribution in [3.05, 3.63) is 118 Å². The van der Waals surface area contributed by atoms with Gasteiger partial charge in [-0.3, -0.25) is 9.59 Å². The summed E-state index contributed by atoms with van der Waals surface area (Å²) in [7, 11) is 1.50. The monoisotopic (exact) mass is 872 g/mol. The number of rotatable bonds is 11. The molecule has 6 heterocycles. The molecular weight excluding hydrogens is 824 g/mol. The largest absolute Gasteiger partial charge is 0.507 e. The second kappa shape index (κ2) is 20.1. The van der Waals surface area contributed by atoms with Crippen LogP contribution < -0.4 is 16.0 Å². The fraction of sp³-hybridized carbons (Fsp3) is 0.304. The van der Waals surface area contributed by atoms with Crippen molar-refractivity contribution in [3.8, 4) is 38.7 Å². The summed E-state index contributed by atoms with van der Waals surface area (Å²) in [5, 5.41) is 27.4. The van der Waals surface area contributed by atoms with Gasteiger partial charge in [-0.05, 0) is 73.7 Å². The molecule has 2 saturated heterocycles. The Morgan fingerprint density at radius 1 is 1.00 bits per heavy atom. The molecule has 4 N–H and O–H groups in total. The molecule has 0 spiro atoms. The van der Waals surface area contributed by atoms with Gasteiger partial charge >= 0.3 is 0 Å². The Bertz CT molecular complexity index is 2610. The highest BCUT2D eigenvalue weighted by Crippen LogP contribution is 2.39. The summed E-state index contributed by atoms with van der Waals surface area (Å²) in [6.07, 6.45) is 6.82. The van der Waals surface area contributed by atoms with E-state index in [9.17, 15) is 14.7 Å². The Hall–Kier alpha value is -6.29. The van der Waals surface area contributed by atoms with Crippen LogP contribution in [0.4, 0.5) is 5.95 Å². The number of aryl methyl sites for hydroxylation is 1. The summed E-state index contributed by atoms with van der Waals surface area (Å²) in [5.41, 5.74) is 14.1. The molecule has 1 unspecified atom stereocenters. The number of para-hydroxylation sites is 1. The van der Waals surface area contributed by atoms with Crippen molar-refractivity contribution in [1.29, 1.82) is 0 Å². The first-order valence-electron chi connectivity index (χ1n) is 20.5. The summed E-state index contributed by atoms with van der Waals surface area (Å²) >= 11 is 8.50. The van der Waals surface area contributed by atoms with Crippen molar-refractivity contribution in [2.45, 2.75) is 58.5 Å². The van der Waals surface area contributed by atoms with Crippen LogP contribution in [0.25, 0.3) is 43.9 Å². The highest BCUT2D eigenvalue weighted by molar-refractivity contribution is 7.13. The van der Waals surface area contributed by atoms with Crippen LogP contribution in [0.1, 0.15) is 55.2 Å². The summed E-state index contributed by atoms with van der Waals surface area (Å²) in [6, 6.07) is 22.7. The number of anilines is 1. The maximum atomic E-state index is 12.2. The van der Waals surface area contributed by atoms with Gasteiger partial charge in [0.05, 0.1) is 32.3 Å². The maximum Gasteiger partial charge on any atom is 0.243 e. The molecule has 0 bridgehead atoms. The standard InChI is InChI=1S/C28H25ClN6O2.C17H19N3O2S.CH5N/c1-16(2)9-19-10-24(34-37-19)17-12-30-28(31-13-17)35-14-18(15-35)20-7-8-23-22(27(20)29)11-25(33-32-23)21-5-3-4-6-26(21)36;1-12-16(23-10-19-12)14-6-4-13(5-7-14)9-18-17(22)15-3-2-8-20(15)11-21;1-2/h3-8,10-13,16,18,36H,9,14-15H2,1-2H3;4-7,10-11,15H,2-3,8-9H2,1H3,(H,18,22);2H2,1H3. The lowest BCUT2D eigenvalue weighted by atomic mass is 9.90. The zero-order chi connectivity index (χ0) is 43.8. The van der Waals surface area contributed by atoms with Gasteiger partial charge in [-0.25, -0.2) is 15.0 Å². The van der Waals surface area contributed by atoms with Crippen LogP contribution in [0.3, 0.4) is 0 Å². The van der Waals surface area contributed by atoms with Gasteiger partial charge in [0.25, 0.3) is 0 Å². The number of benzene rings is 3. The van der Waals surface area contributed by atoms with Crippen molar-refractivity contribution in [2.24, 2.45) is 11.7 Å². The van der Waals surface area contributed by atoms with Crippen LogP contribution in [-0.4, -0.2) is 85.4 Å². The molecule has 4 aromatic heterocycles. The van der Waals surface area contributed by atoms with Gasteiger partial charge in [-0.1, -0.05) is 73.1 Å². The third-order valence-corrected chi connectivity index (χ3v) is 12.2. The molecule has 62 heavy (non-hydrogen) atoms. The van der Waals surface area contributed by atoms with E-state index in [-0.39, 0.29) is 23.6 Å². The summed E-state index contributed by atoms with van der Waals surface area (Å²) in [4.78, 5) is 41.3. The lowest BCUT2D eigenvalue weighted by molar-refractivity contribution is -0.131. The molecule has 2 aliphatic rings. The summed E-state index contributed by atoms with van der Waals surface area (Å²) in [6.45, 7) is 8.96. The molecule has 2 aliphatic heterocycles. The average molecular weight is 873 g/mol. The molecule has 14 nitrogen and oxygen atoms in total. The van der Waals surface area contributed by atoms with Crippen LogP contribution in [0.15, 0.2) is 95.2 Å². The van der Waals surface area contributed by atoms with Crippen molar-refractivity contribution >= 4 is 52.1 Å². The van der Waals surface area contributed by atoms with E-state index >= 15 is 0 Å². The number of amides is 2. The number of phenols is 1. The Balaban J connectivity index is 0.000000199. The van der Waals surface area contributed by atoms with Gasteiger partial charge in [0.15, 0.2) is 0 Å². The zero-order valence-corrected chi connectivity index (χ0v) is 36.6. The van der Waals surface area contributed by atoms with Crippen LogP contribution in [0, 0.1) is 12.8 Å². The fourth-order valence-electron chi connectivity index (χ4n) is 7.49. The van der Waals surface area contributed by atoms with Gasteiger partial charge < -0.3 is 30.5 Å². The number of nitrogens with one attached hydrogen (secondary N) is 1. The highest BCUT2D eigenvalue weighted by Gasteiger charge is 2.32. The Kier molecular flexibility index (Phi) is 14.2. The quantitative estimate of drug-likeness (QED) is 0.107. The number of phenolic OH excluding ortho intramolecular Hbond substituents is 1. The van der Waals surface area contributed by atoms with E-state index < -0.39 is 0 Å². The lowest BCUT2D eigenvalue weighted by Crippen LogP contribution is -2.46. The van der Waals surface area contributed by atoms with E-state index in [0.717, 1.165) is 83.6 Å². The molecule has 0 radical (unpaired) electrons. The van der Waals surface area contributed by atoms with Crippen LogP contribution in [0.5, 0.6) is 5.75 Å². The molecule has 2 amide bonds. The van der Waals surface area contributed by atoms with Crippen molar-refractivity contribution in [3.63, 3.8) is 0 Å². The van der Waals surface area contributed by atoms with Crippen molar-refractivity contribution in [1.82, 2.24) is 40.5 Å². The maximum absolute atomic E-state index is 12.2. The van der Waals surface area contributed by atoms with Gasteiger partial charge in [0, 0.05) is 73.5 Å². The van der Waals surface area contributed by atoms with Gasteiger partial charge in [0.1, 0.15) is 23.2 Å². The third kappa shape index (κ3) is 9.91. The number of thiazole rings is 1. The van der Waals surface area contributed by atoms with E-state index in [1.807, 2.05) is 61.0 Å². The first kappa shape index (κ1) is 43.8. The number of carbonyl (C=O) groups is 2. The number of likely N-dealkylation sites (tertiary alicyclic amines) is 1. The minimum absolute atomic E-state index is 0.0722. The Morgan fingerprint density at radius 3 is 2.45 bits per heavy atom. The van der Waals surface area contributed by atoms with E-state index in [1.165, 1.54) is 11.9 Å². The molecule has 0 saturated carbocycles. The summed E-state index contributed by atoms with van der Waals surface area (Å²) in [5.74, 6) is 2.37. The minimum Gasteiger partial charge on any atom is -0.507 e. The molecule has 9 rings (SSSR count). The van der Waals surface area contributed by atoms with E-state index in [1.54, 1.807) is 40.8 Å². The lowest BCUT2D eigenvalue weighted by Gasteiger charge is -2.40.